The fourth-order valence-electron chi connectivity index (χ4n) is 5.92. The minimum absolute atomic E-state index is 0.0221. The minimum Gasteiger partial charge on any atom is -0.466 e. The number of carbonyl (C=O) groups is 3. The SMILES string of the molecule is CCOC(=O)[C@H]1[C@H]2C(=O)N(CCO)C(C(=O)NCCN3CCOCC3)C23CC[C@]1(C)O3. The summed E-state index contributed by atoms with van der Waals surface area (Å²) in [6.45, 7) is 7.66. The topological polar surface area (TPSA) is 118 Å². The normalized spacial score (nSPS) is 37.2. The summed E-state index contributed by atoms with van der Waals surface area (Å²) in [6.07, 6.45) is 1.09. The molecular formula is C21H33N3O7. The molecule has 2 amide bonds. The second-order valence-electron chi connectivity index (χ2n) is 8.98. The number of likely N-dealkylation sites (tertiary alicyclic amines) is 1. The number of nitrogens with one attached hydrogen (secondary N) is 1. The fourth-order valence-corrected chi connectivity index (χ4v) is 5.92. The molecule has 1 spiro atoms. The molecular weight excluding hydrogens is 406 g/mol. The van der Waals surface area contributed by atoms with Gasteiger partial charge in [0.2, 0.25) is 11.8 Å². The Kier molecular flexibility index (Phi) is 6.26. The maximum Gasteiger partial charge on any atom is 0.312 e. The number of nitrogens with zero attached hydrogens (tertiary/aromatic N) is 2. The van der Waals surface area contributed by atoms with E-state index in [4.69, 9.17) is 14.2 Å². The predicted octanol–water partition coefficient (Wildman–Crippen LogP) is -1.25. The standard InChI is InChI=1S/C21H33N3O7/c1-3-30-19(28)15-14-18(27)24(8-11-25)16(21(14)5-4-20(15,2)31-21)17(26)22-6-7-23-9-12-29-13-10-23/h14-16,25H,3-13H2,1-2H3,(H,22,26)/t14-,15+,16?,20-,21?/m0/s1. The Labute approximate surface area is 182 Å². The third kappa shape index (κ3) is 3.63. The number of ether oxygens (including phenoxy) is 3. The number of hydrogen-bond acceptors (Lipinski definition) is 8. The van der Waals surface area contributed by atoms with E-state index in [1.54, 1.807) is 6.92 Å². The van der Waals surface area contributed by atoms with Crippen LogP contribution in [0.1, 0.15) is 26.7 Å². The molecule has 4 aliphatic heterocycles. The summed E-state index contributed by atoms with van der Waals surface area (Å²) < 4.78 is 17.0. The van der Waals surface area contributed by atoms with Gasteiger partial charge in [-0.2, -0.15) is 0 Å². The highest BCUT2D eigenvalue weighted by Crippen LogP contribution is 2.63. The molecule has 0 aromatic rings. The van der Waals surface area contributed by atoms with Crippen LogP contribution in [0.15, 0.2) is 0 Å². The van der Waals surface area contributed by atoms with Crippen molar-refractivity contribution in [2.24, 2.45) is 11.8 Å². The zero-order valence-corrected chi connectivity index (χ0v) is 18.3. The number of aliphatic hydroxyl groups is 1. The van der Waals surface area contributed by atoms with Gasteiger partial charge in [0.15, 0.2) is 0 Å². The van der Waals surface area contributed by atoms with Crippen molar-refractivity contribution >= 4 is 17.8 Å². The fraction of sp³-hybridized carbons (Fsp3) is 0.857. The third-order valence-electron chi connectivity index (χ3n) is 7.24. The van der Waals surface area contributed by atoms with Crippen LogP contribution < -0.4 is 5.32 Å². The van der Waals surface area contributed by atoms with E-state index in [0.29, 0.717) is 39.1 Å². The number of carbonyl (C=O) groups excluding carboxylic acids is 3. The molecule has 2 N–H and O–H groups in total. The molecule has 5 atom stereocenters. The molecule has 31 heavy (non-hydrogen) atoms. The van der Waals surface area contributed by atoms with E-state index < -0.39 is 35.0 Å². The molecule has 2 bridgehead atoms. The van der Waals surface area contributed by atoms with Crippen molar-refractivity contribution in [3.63, 3.8) is 0 Å². The Morgan fingerprint density at radius 2 is 2.00 bits per heavy atom. The van der Waals surface area contributed by atoms with Gasteiger partial charge in [0.25, 0.3) is 0 Å². The first kappa shape index (κ1) is 22.4. The van der Waals surface area contributed by atoms with Crippen LogP contribution in [0.3, 0.4) is 0 Å². The first-order chi connectivity index (χ1) is 14.9. The largest absolute Gasteiger partial charge is 0.466 e. The van der Waals surface area contributed by atoms with Crippen molar-refractivity contribution in [2.75, 3.05) is 59.2 Å². The second-order valence-corrected chi connectivity index (χ2v) is 8.98. The van der Waals surface area contributed by atoms with Gasteiger partial charge in [-0.1, -0.05) is 0 Å². The smallest absolute Gasteiger partial charge is 0.312 e. The molecule has 0 radical (unpaired) electrons. The van der Waals surface area contributed by atoms with E-state index in [0.717, 1.165) is 13.1 Å². The molecule has 0 aromatic carbocycles. The highest BCUT2D eigenvalue weighted by Gasteiger charge is 2.78. The summed E-state index contributed by atoms with van der Waals surface area (Å²) >= 11 is 0. The van der Waals surface area contributed by atoms with Crippen LogP contribution in [0.5, 0.6) is 0 Å². The first-order valence-electron chi connectivity index (χ1n) is 11.2. The van der Waals surface area contributed by atoms with Gasteiger partial charge in [-0.25, -0.2) is 0 Å². The number of aliphatic hydroxyl groups excluding tert-OH is 1. The summed E-state index contributed by atoms with van der Waals surface area (Å²) in [5.74, 6) is -2.59. The summed E-state index contributed by atoms with van der Waals surface area (Å²) in [7, 11) is 0. The third-order valence-corrected chi connectivity index (χ3v) is 7.24. The summed E-state index contributed by atoms with van der Waals surface area (Å²) in [6, 6.07) is -0.872. The molecule has 0 aromatic heterocycles. The lowest BCUT2D eigenvalue weighted by Crippen LogP contribution is -2.56. The second kappa shape index (κ2) is 8.65. The van der Waals surface area contributed by atoms with Crippen molar-refractivity contribution < 1.29 is 33.7 Å². The van der Waals surface area contributed by atoms with Crippen LogP contribution in [-0.4, -0.2) is 109 Å². The van der Waals surface area contributed by atoms with Gasteiger partial charge >= 0.3 is 5.97 Å². The maximum absolute atomic E-state index is 13.4. The van der Waals surface area contributed by atoms with Crippen molar-refractivity contribution in [3.8, 4) is 0 Å². The molecule has 4 saturated heterocycles. The van der Waals surface area contributed by atoms with Gasteiger partial charge in [0, 0.05) is 32.7 Å². The van der Waals surface area contributed by atoms with E-state index in [1.165, 1.54) is 4.90 Å². The van der Waals surface area contributed by atoms with E-state index >= 15 is 0 Å². The summed E-state index contributed by atoms with van der Waals surface area (Å²) in [5.41, 5.74) is -1.90. The highest BCUT2D eigenvalue weighted by atomic mass is 16.6. The number of morpholine rings is 1. The molecule has 4 heterocycles. The summed E-state index contributed by atoms with van der Waals surface area (Å²) in [5, 5.41) is 12.5. The Hall–Kier alpha value is -1.75. The lowest BCUT2D eigenvalue weighted by molar-refractivity contribution is -0.159. The molecule has 174 valence electrons. The molecule has 4 rings (SSSR count). The van der Waals surface area contributed by atoms with Gasteiger partial charge in [0.1, 0.15) is 17.6 Å². The molecule has 10 nitrogen and oxygen atoms in total. The lowest BCUT2D eigenvalue weighted by Gasteiger charge is -2.33. The van der Waals surface area contributed by atoms with Gasteiger partial charge in [-0.05, 0) is 26.7 Å². The predicted molar refractivity (Wildman–Crippen MR) is 108 cm³/mol. The zero-order valence-electron chi connectivity index (χ0n) is 18.3. The molecule has 4 aliphatic rings. The van der Waals surface area contributed by atoms with Crippen LogP contribution in [0.4, 0.5) is 0 Å². The highest BCUT2D eigenvalue weighted by molar-refractivity contribution is 5.98. The summed E-state index contributed by atoms with van der Waals surface area (Å²) in [4.78, 5) is 43.1. The van der Waals surface area contributed by atoms with Gasteiger partial charge in [-0.15, -0.1) is 0 Å². The van der Waals surface area contributed by atoms with Gasteiger partial charge in [0.05, 0.1) is 37.9 Å². The van der Waals surface area contributed by atoms with E-state index in [2.05, 4.69) is 10.2 Å². The van der Waals surface area contributed by atoms with Crippen LogP contribution in [0.25, 0.3) is 0 Å². The van der Waals surface area contributed by atoms with Crippen molar-refractivity contribution in [2.45, 2.75) is 43.9 Å². The monoisotopic (exact) mass is 439 g/mol. The van der Waals surface area contributed by atoms with E-state index in [9.17, 15) is 19.5 Å². The number of esters is 1. The van der Waals surface area contributed by atoms with Crippen molar-refractivity contribution in [3.05, 3.63) is 0 Å². The van der Waals surface area contributed by atoms with Crippen molar-refractivity contribution in [1.82, 2.24) is 15.1 Å². The van der Waals surface area contributed by atoms with Crippen molar-refractivity contribution in [1.29, 1.82) is 0 Å². The van der Waals surface area contributed by atoms with Crippen LogP contribution in [0.2, 0.25) is 0 Å². The molecule has 4 fully saturated rings. The zero-order chi connectivity index (χ0) is 22.2. The average molecular weight is 440 g/mol. The minimum atomic E-state index is -1.07. The lowest BCUT2D eigenvalue weighted by atomic mass is 9.66. The van der Waals surface area contributed by atoms with Crippen LogP contribution in [-0.2, 0) is 28.6 Å². The number of fused-ring (bicyclic) bond motifs is 1. The van der Waals surface area contributed by atoms with E-state index in [1.807, 2.05) is 6.92 Å². The Morgan fingerprint density at radius 1 is 1.26 bits per heavy atom. The first-order valence-corrected chi connectivity index (χ1v) is 11.2. The Bertz CT molecular complexity index is 728. The number of β-amino-alcohol motifs (C(OH)–C–C–N with tert-alkyl or cyclic N) is 1. The molecule has 2 unspecified atom stereocenters. The number of rotatable bonds is 8. The molecule has 0 saturated carbocycles. The van der Waals surface area contributed by atoms with Gasteiger partial charge < -0.3 is 29.5 Å². The quantitative estimate of drug-likeness (QED) is 0.451. The maximum atomic E-state index is 13.4. The molecule has 0 aliphatic carbocycles. The number of hydrogen-bond donors (Lipinski definition) is 2. The Morgan fingerprint density at radius 3 is 2.68 bits per heavy atom. The van der Waals surface area contributed by atoms with Crippen LogP contribution >= 0.6 is 0 Å². The number of amides is 2. The van der Waals surface area contributed by atoms with Crippen LogP contribution in [0, 0.1) is 11.8 Å². The Balaban J connectivity index is 1.54. The average Bonchev–Trinajstić information content (AvgIpc) is 3.30. The van der Waals surface area contributed by atoms with E-state index in [-0.39, 0.29) is 31.6 Å². The van der Waals surface area contributed by atoms with Gasteiger partial charge in [-0.3, -0.25) is 19.3 Å². The molecule has 10 heteroatoms.